The Hall–Kier alpha value is -4.70. The topological polar surface area (TPSA) is 149 Å². The number of imidazole rings is 1. The molecule has 1 unspecified atom stereocenters. The van der Waals surface area contributed by atoms with Gasteiger partial charge in [0, 0.05) is 76.0 Å². The number of ether oxygens (including phenoxy) is 1. The van der Waals surface area contributed by atoms with Crippen LogP contribution >= 0.6 is 0 Å². The summed E-state index contributed by atoms with van der Waals surface area (Å²) in [6.07, 6.45) is 3.66. The summed E-state index contributed by atoms with van der Waals surface area (Å²) in [5.74, 6) is -2.18. The number of alkyl halides is 4. The van der Waals surface area contributed by atoms with Crippen LogP contribution in [-0.2, 0) is 22.3 Å². The molecule has 4 aromatic rings. The van der Waals surface area contributed by atoms with E-state index in [-0.39, 0.29) is 71.6 Å². The number of aliphatic carboxylic acids is 1. The van der Waals surface area contributed by atoms with Crippen LogP contribution in [0, 0.1) is 5.41 Å². The number of anilines is 2. The monoisotopic (exact) mass is 724 g/mol. The van der Waals surface area contributed by atoms with Crippen LogP contribution in [0.25, 0.3) is 22.4 Å². The van der Waals surface area contributed by atoms with Crippen molar-refractivity contribution in [3.05, 3.63) is 59.2 Å². The van der Waals surface area contributed by atoms with Crippen molar-refractivity contribution in [1.29, 1.82) is 0 Å². The van der Waals surface area contributed by atoms with Crippen LogP contribution in [-0.4, -0.2) is 92.9 Å². The highest BCUT2D eigenvalue weighted by molar-refractivity contribution is 6.03. The molecule has 0 radical (unpaired) electrons. The third-order valence-electron chi connectivity index (χ3n) is 10.4. The number of aromatic amines is 1. The van der Waals surface area contributed by atoms with Crippen molar-refractivity contribution in [2.75, 3.05) is 50.6 Å². The maximum Gasteiger partial charge on any atom is 0.418 e. The molecule has 1 amide bonds. The molecule has 7 rings (SSSR count). The Kier molecular flexibility index (Phi) is 9.40. The molecule has 0 spiro atoms. The molecule has 52 heavy (non-hydrogen) atoms. The zero-order chi connectivity index (χ0) is 36.8. The Labute approximate surface area is 297 Å². The number of nitrogens with one attached hydrogen (secondary N) is 2. The minimum Gasteiger partial charge on any atom is -0.479 e. The molecule has 16 heteroatoms. The summed E-state index contributed by atoms with van der Waals surface area (Å²) in [6.45, 7) is 1.50. The second-order valence-electron chi connectivity index (χ2n) is 14.5. The first-order chi connectivity index (χ1) is 24.8. The number of carbonyl (C=O) groups is 2. The average molecular weight is 725 g/mol. The Morgan fingerprint density at radius 2 is 1.88 bits per heavy atom. The molecular weight excluding hydrogens is 684 g/mol. The fourth-order valence-electron chi connectivity index (χ4n) is 7.61. The number of methoxy groups -OCH3 is 1. The molecule has 12 nitrogen and oxygen atoms in total. The van der Waals surface area contributed by atoms with E-state index < -0.39 is 29.3 Å². The lowest BCUT2D eigenvalue weighted by atomic mass is 9.86. The first-order valence-corrected chi connectivity index (χ1v) is 17.4. The van der Waals surface area contributed by atoms with Gasteiger partial charge in [0.05, 0.1) is 29.2 Å². The number of aromatic nitrogens is 5. The number of H-pyrrole nitrogens is 1. The molecular formula is C36H40F4N8O4. The minimum atomic E-state index is -4.58. The first kappa shape index (κ1) is 35.7. The van der Waals surface area contributed by atoms with Crippen LogP contribution in [0.2, 0.25) is 0 Å². The molecule has 3 aliphatic rings. The van der Waals surface area contributed by atoms with Crippen LogP contribution in [0.15, 0.2) is 36.7 Å². The molecule has 2 aliphatic carbocycles. The van der Waals surface area contributed by atoms with Gasteiger partial charge in [-0.2, -0.15) is 18.2 Å². The van der Waals surface area contributed by atoms with Crippen LogP contribution in [0.4, 0.5) is 29.2 Å². The molecule has 3 N–H and O–H groups in total. The molecule has 0 aromatic carbocycles. The Bertz CT molecular complexity index is 1980. The van der Waals surface area contributed by atoms with Gasteiger partial charge in [-0.1, -0.05) is 18.9 Å². The van der Waals surface area contributed by atoms with Crippen molar-refractivity contribution >= 4 is 34.7 Å². The maximum atomic E-state index is 14.5. The van der Waals surface area contributed by atoms with E-state index in [2.05, 4.69) is 30.2 Å². The van der Waals surface area contributed by atoms with E-state index in [1.54, 1.807) is 24.1 Å². The normalized spacial score (nSPS) is 20.4. The Morgan fingerprint density at radius 1 is 1.12 bits per heavy atom. The van der Waals surface area contributed by atoms with Crippen LogP contribution in [0.3, 0.4) is 0 Å². The van der Waals surface area contributed by atoms with E-state index in [9.17, 15) is 27.2 Å². The summed E-state index contributed by atoms with van der Waals surface area (Å²) in [6, 6.07) is 6.00. The van der Waals surface area contributed by atoms with Crippen molar-refractivity contribution in [2.24, 2.45) is 5.41 Å². The number of hydrogen-bond donors (Lipinski definition) is 3. The van der Waals surface area contributed by atoms with Gasteiger partial charge in [-0.15, -0.1) is 0 Å². The summed E-state index contributed by atoms with van der Waals surface area (Å²) >= 11 is 0. The quantitative estimate of drug-likeness (QED) is 0.144. The minimum absolute atomic E-state index is 0.0554. The zero-order valence-electron chi connectivity index (χ0n) is 28.9. The number of halogens is 4. The first-order valence-electron chi connectivity index (χ1n) is 17.4. The van der Waals surface area contributed by atoms with Crippen molar-refractivity contribution in [1.82, 2.24) is 29.8 Å². The van der Waals surface area contributed by atoms with E-state index in [0.29, 0.717) is 42.8 Å². The Balaban J connectivity index is 1.17. The Morgan fingerprint density at radius 3 is 2.52 bits per heavy atom. The van der Waals surface area contributed by atoms with Gasteiger partial charge in [0.2, 0.25) is 11.6 Å². The molecule has 2 saturated carbocycles. The maximum absolute atomic E-state index is 14.5. The highest BCUT2D eigenvalue weighted by atomic mass is 19.4. The lowest BCUT2D eigenvalue weighted by Gasteiger charge is -2.34. The molecule has 0 bridgehead atoms. The van der Waals surface area contributed by atoms with Crippen molar-refractivity contribution in [3.63, 3.8) is 0 Å². The summed E-state index contributed by atoms with van der Waals surface area (Å²) in [5.41, 5.74) is -0.555. The molecule has 1 atom stereocenters. The largest absolute Gasteiger partial charge is 0.479 e. The van der Waals surface area contributed by atoms with Gasteiger partial charge in [-0.25, -0.2) is 14.2 Å². The number of carboxylic acids is 1. The third kappa shape index (κ3) is 7.31. The van der Waals surface area contributed by atoms with Crippen LogP contribution in [0.1, 0.15) is 78.2 Å². The number of hydrogen-bond acceptors (Lipinski definition) is 9. The number of nitrogens with zero attached hydrogens (tertiary/aromatic N) is 6. The molecule has 4 aromatic heterocycles. The number of carboxylic acid groups (broad SMARTS) is 1. The van der Waals surface area contributed by atoms with Crippen molar-refractivity contribution in [2.45, 2.75) is 69.3 Å². The highest BCUT2D eigenvalue weighted by Crippen LogP contribution is 2.46. The SMILES string of the molecule is COCC1(CN(C)c2cc(-c3cnc(C4CC4)c(C(F)(F)F)c3)nc3nc(NC(=O)c4ccc(CN5CCC(F)(C(=O)O)C5)cn4)[nH]c23)CCCC1. The summed E-state index contributed by atoms with van der Waals surface area (Å²) in [7, 11) is 3.59. The molecule has 5 heterocycles. The number of fused-ring (bicyclic) bond motifs is 1. The van der Waals surface area contributed by atoms with Crippen molar-refractivity contribution in [3.8, 4) is 11.3 Å². The number of amides is 1. The van der Waals surface area contributed by atoms with E-state index in [4.69, 9.17) is 9.84 Å². The number of carbonyl (C=O) groups excluding carboxylic acids is 1. The fraction of sp³-hybridized carbons (Fsp3) is 0.500. The van der Waals surface area contributed by atoms with Crippen LogP contribution < -0.4 is 10.2 Å². The van der Waals surface area contributed by atoms with E-state index in [1.807, 2.05) is 11.9 Å². The lowest BCUT2D eigenvalue weighted by molar-refractivity contribution is -0.150. The molecule has 1 saturated heterocycles. The predicted molar refractivity (Wildman–Crippen MR) is 184 cm³/mol. The summed E-state index contributed by atoms with van der Waals surface area (Å²) in [4.78, 5) is 49.0. The van der Waals surface area contributed by atoms with Gasteiger partial charge in [0.15, 0.2) is 5.65 Å². The number of rotatable bonds is 12. The second kappa shape index (κ2) is 13.7. The van der Waals surface area contributed by atoms with Gasteiger partial charge in [0.25, 0.3) is 5.91 Å². The third-order valence-corrected chi connectivity index (χ3v) is 10.4. The predicted octanol–water partition coefficient (Wildman–Crippen LogP) is 6.21. The van der Waals surface area contributed by atoms with Gasteiger partial charge in [-0.3, -0.25) is 25.0 Å². The molecule has 1 aliphatic heterocycles. The number of pyridine rings is 3. The summed E-state index contributed by atoms with van der Waals surface area (Å²) in [5, 5.41) is 11.9. The van der Waals surface area contributed by atoms with E-state index in [1.165, 1.54) is 18.5 Å². The molecule has 276 valence electrons. The van der Waals surface area contributed by atoms with Gasteiger partial charge < -0.3 is 19.7 Å². The second-order valence-corrected chi connectivity index (χ2v) is 14.5. The fourth-order valence-corrected chi connectivity index (χ4v) is 7.61. The van der Waals surface area contributed by atoms with Gasteiger partial charge in [0.1, 0.15) is 11.2 Å². The van der Waals surface area contributed by atoms with E-state index in [0.717, 1.165) is 31.7 Å². The number of likely N-dealkylation sites (tertiary alicyclic amines) is 1. The lowest BCUT2D eigenvalue weighted by Crippen LogP contribution is -2.37. The summed E-state index contributed by atoms with van der Waals surface area (Å²) < 4.78 is 62.7. The van der Waals surface area contributed by atoms with Crippen molar-refractivity contribution < 1.29 is 37.0 Å². The van der Waals surface area contributed by atoms with E-state index >= 15 is 0 Å². The van der Waals surface area contributed by atoms with Crippen LogP contribution in [0.5, 0.6) is 0 Å². The average Bonchev–Trinajstić information content (AvgIpc) is 3.52. The zero-order valence-corrected chi connectivity index (χ0v) is 28.9. The smallest absolute Gasteiger partial charge is 0.418 e. The highest BCUT2D eigenvalue weighted by Gasteiger charge is 2.45. The molecule has 3 fully saturated rings. The standard InChI is InChI=1S/C36H40F4N8O4/c1-47(18-34(20-52-2)9-3-4-10-34)27-14-26(23-13-24(36(38,39)40)28(42-16-23)22-6-7-22)43-30-29(27)44-33(45-30)46-31(49)25-8-5-21(15-41-25)17-48-12-11-35(37,19-48)32(50)51/h5,8,13-16,22H,3-4,6-7,9-12,17-20H2,1-2H3,(H,50,51)(H2,43,44,45,46,49). The van der Waals surface area contributed by atoms with Gasteiger partial charge >= 0.3 is 12.1 Å². The van der Waals surface area contributed by atoms with Gasteiger partial charge in [-0.05, 0) is 49.4 Å².